The Kier molecular flexibility index (Phi) is 5.45. The second-order valence-corrected chi connectivity index (χ2v) is 7.68. The van der Waals surface area contributed by atoms with Gasteiger partial charge in [-0.1, -0.05) is 0 Å². The van der Waals surface area contributed by atoms with Crippen LogP contribution >= 0.6 is 0 Å². The van der Waals surface area contributed by atoms with E-state index in [9.17, 15) is 9.59 Å². The predicted molar refractivity (Wildman–Crippen MR) is 99.0 cm³/mol. The van der Waals surface area contributed by atoms with Gasteiger partial charge < -0.3 is 19.1 Å². The summed E-state index contributed by atoms with van der Waals surface area (Å²) < 4.78 is 15.8. The molecule has 0 saturated carbocycles. The smallest absolute Gasteiger partial charge is 0.341 e. The van der Waals surface area contributed by atoms with Crippen molar-refractivity contribution in [2.24, 2.45) is 5.41 Å². The lowest BCUT2D eigenvalue weighted by Gasteiger charge is -2.36. The molecule has 9 nitrogen and oxygen atoms in total. The summed E-state index contributed by atoms with van der Waals surface area (Å²) in [6.45, 7) is 5.46. The quantitative estimate of drug-likeness (QED) is 0.681. The van der Waals surface area contributed by atoms with Crippen LogP contribution in [0.3, 0.4) is 0 Å². The molecule has 1 aromatic heterocycles. The molecule has 4 rings (SSSR count). The summed E-state index contributed by atoms with van der Waals surface area (Å²) in [7, 11) is 1.33. The van der Waals surface area contributed by atoms with Crippen molar-refractivity contribution in [3.63, 3.8) is 0 Å². The molecule has 9 heteroatoms. The number of rotatable bonds is 4. The van der Waals surface area contributed by atoms with Crippen molar-refractivity contribution in [1.29, 1.82) is 0 Å². The van der Waals surface area contributed by atoms with Gasteiger partial charge in [0.2, 0.25) is 5.95 Å². The predicted octanol–water partition coefficient (Wildman–Crippen LogP) is 0.498. The van der Waals surface area contributed by atoms with Crippen LogP contribution in [0.25, 0.3) is 0 Å². The van der Waals surface area contributed by atoms with Crippen LogP contribution in [-0.4, -0.2) is 86.0 Å². The summed E-state index contributed by atoms with van der Waals surface area (Å²) in [4.78, 5) is 37.1. The van der Waals surface area contributed by atoms with Gasteiger partial charge in [-0.05, 0) is 12.8 Å². The van der Waals surface area contributed by atoms with Crippen LogP contribution in [0, 0.1) is 5.41 Å². The summed E-state index contributed by atoms with van der Waals surface area (Å²) in [6, 6.07) is 0. The number of morpholine rings is 1. The monoisotopic (exact) mass is 390 g/mol. The number of cyclic esters (lactones) is 1. The molecule has 152 valence electrons. The zero-order valence-corrected chi connectivity index (χ0v) is 16.1. The molecule has 3 fully saturated rings. The molecule has 0 amide bonds. The standard InChI is InChI=1S/C19H26N4O5/c1-26-16(24)14-11-20-18(21-12-14)23-4-2-19(3-5-23)10-15(28-17(19)25)13-22-6-8-27-9-7-22/h11-12,15H,2-10,13H2,1H3. The van der Waals surface area contributed by atoms with Gasteiger partial charge in [0.05, 0.1) is 31.3 Å². The third-order valence-corrected chi connectivity index (χ3v) is 5.95. The average molecular weight is 390 g/mol. The van der Waals surface area contributed by atoms with E-state index < -0.39 is 5.97 Å². The van der Waals surface area contributed by atoms with Crippen molar-refractivity contribution in [1.82, 2.24) is 14.9 Å². The Morgan fingerprint density at radius 2 is 1.89 bits per heavy atom. The number of carbonyl (C=O) groups excluding carboxylic acids is 2. The van der Waals surface area contributed by atoms with Crippen LogP contribution in [0.5, 0.6) is 0 Å². The molecular weight excluding hydrogens is 364 g/mol. The Bertz CT molecular complexity index is 712. The van der Waals surface area contributed by atoms with Gasteiger partial charge in [-0.3, -0.25) is 9.69 Å². The van der Waals surface area contributed by atoms with E-state index in [-0.39, 0.29) is 17.5 Å². The Morgan fingerprint density at radius 3 is 2.54 bits per heavy atom. The van der Waals surface area contributed by atoms with Crippen LogP contribution in [-0.2, 0) is 19.0 Å². The molecule has 3 aliphatic rings. The first kappa shape index (κ1) is 19.1. The number of hydrogen-bond acceptors (Lipinski definition) is 9. The van der Waals surface area contributed by atoms with E-state index in [4.69, 9.17) is 9.47 Å². The molecule has 1 unspecified atom stereocenters. The summed E-state index contributed by atoms with van der Waals surface area (Å²) in [5, 5.41) is 0. The molecule has 1 atom stereocenters. The van der Waals surface area contributed by atoms with E-state index in [0.29, 0.717) is 24.6 Å². The minimum atomic E-state index is -0.454. The molecule has 0 aromatic carbocycles. The minimum Gasteiger partial charge on any atom is -0.465 e. The number of aromatic nitrogens is 2. The van der Waals surface area contributed by atoms with Crippen molar-refractivity contribution in [3.8, 4) is 0 Å². The molecule has 1 aromatic rings. The van der Waals surface area contributed by atoms with Crippen LogP contribution in [0.1, 0.15) is 29.6 Å². The normalized spacial score (nSPS) is 25.0. The molecule has 28 heavy (non-hydrogen) atoms. The number of ether oxygens (including phenoxy) is 3. The number of esters is 2. The number of piperidine rings is 1. The van der Waals surface area contributed by atoms with E-state index in [1.54, 1.807) is 0 Å². The lowest BCUT2D eigenvalue weighted by Crippen LogP contribution is -2.43. The van der Waals surface area contributed by atoms with Crippen molar-refractivity contribution in [3.05, 3.63) is 18.0 Å². The molecule has 0 N–H and O–H groups in total. The highest BCUT2D eigenvalue weighted by Gasteiger charge is 2.50. The first-order valence-corrected chi connectivity index (χ1v) is 9.76. The molecule has 0 aliphatic carbocycles. The SMILES string of the molecule is COC(=O)c1cnc(N2CCC3(CC2)CC(CN2CCOCC2)OC3=O)nc1. The van der Waals surface area contributed by atoms with Crippen LogP contribution < -0.4 is 4.90 Å². The second-order valence-electron chi connectivity index (χ2n) is 7.68. The maximum absolute atomic E-state index is 12.6. The van der Waals surface area contributed by atoms with E-state index in [1.165, 1.54) is 19.5 Å². The molecule has 3 saturated heterocycles. The third-order valence-electron chi connectivity index (χ3n) is 5.95. The summed E-state index contributed by atoms with van der Waals surface area (Å²) in [6.07, 6.45) is 5.15. The van der Waals surface area contributed by atoms with Crippen molar-refractivity contribution in [2.75, 3.05) is 57.9 Å². The minimum absolute atomic E-state index is 0.0345. The summed E-state index contributed by atoms with van der Waals surface area (Å²) >= 11 is 0. The molecule has 0 bridgehead atoms. The lowest BCUT2D eigenvalue weighted by atomic mass is 9.76. The number of carbonyl (C=O) groups is 2. The van der Waals surface area contributed by atoms with Gasteiger partial charge in [-0.15, -0.1) is 0 Å². The topological polar surface area (TPSA) is 94.1 Å². The van der Waals surface area contributed by atoms with Crippen molar-refractivity contribution < 1.29 is 23.8 Å². The zero-order valence-electron chi connectivity index (χ0n) is 16.1. The van der Waals surface area contributed by atoms with Gasteiger partial charge in [-0.2, -0.15) is 0 Å². The van der Waals surface area contributed by atoms with Gasteiger partial charge in [0.1, 0.15) is 6.10 Å². The van der Waals surface area contributed by atoms with E-state index in [2.05, 4.69) is 24.5 Å². The highest BCUT2D eigenvalue weighted by Crippen LogP contribution is 2.43. The fourth-order valence-electron chi connectivity index (χ4n) is 4.26. The molecular formula is C19H26N4O5. The van der Waals surface area contributed by atoms with Crippen LogP contribution in [0.4, 0.5) is 5.95 Å². The first-order valence-electron chi connectivity index (χ1n) is 9.76. The lowest BCUT2D eigenvalue weighted by molar-refractivity contribution is -0.150. The fraction of sp³-hybridized carbons (Fsp3) is 0.684. The summed E-state index contributed by atoms with van der Waals surface area (Å²) in [5.41, 5.74) is -0.0653. The number of anilines is 1. The first-order chi connectivity index (χ1) is 13.6. The fourth-order valence-corrected chi connectivity index (χ4v) is 4.26. The van der Waals surface area contributed by atoms with Gasteiger partial charge in [0, 0.05) is 51.5 Å². The molecule has 3 aliphatic heterocycles. The molecule has 1 spiro atoms. The maximum atomic E-state index is 12.6. The Labute approximate surface area is 164 Å². The van der Waals surface area contributed by atoms with Crippen LogP contribution in [0.2, 0.25) is 0 Å². The van der Waals surface area contributed by atoms with Gasteiger partial charge in [0.25, 0.3) is 0 Å². The average Bonchev–Trinajstić information content (AvgIpc) is 3.03. The van der Waals surface area contributed by atoms with Crippen molar-refractivity contribution >= 4 is 17.9 Å². The Morgan fingerprint density at radius 1 is 1.21 bits per heavy atom. The molecule has 0 radical (unpaired) electrons. The van der Waals surface area contributed by atoms with E-state index >= 15 is 0 Å². The second kappa shape index (κ2) is 8.00. The zero-order chi connectivity index (χ0) is 19.6. The van der Waals surface area contributed by atoms with Gasteiger partial charge in [0.15, 0.2) is 0 Å². The Balaban J connectivity index is 1.34. The van der Waals surface area contributed by atoms with Gasteiger partial charge in [-0.25, -0.2) is 14.8 Å². The van der Waals surface area contributed by atoms with Crippen LogP contribution in [0.15, 0.2) is 12.4 Å². The van der Waals surface area contributed by atoms with Crippen molar-refractivity contribution in [2.45, 2.75) is 25.4 Å². The largest absolute Gasteiger partial charge is 0.465 e. The maximum Gasteiger partial charge on any atom is 0.341 e. The number of hydrogen-bond donors (Lipinski definition) is 0. The molecule has 4 heterocycles. The summed E-state index contributed by atoms with van der Waals surface area (Å²) in [5.74, 6) is 0.0512. The number of nitrogens with zero attached hydrogens (tertiary/aromatic N) is 4. The Hall–Kier alpha value is -2.26. The van der Waals surface area contributed by atoms with Gasteiger partial charge >= 0.3 is 11.9 Å². The highest BCUT2D eigenvalue weighted by atomic mass is 16.6. The van der Waals surface area contributed by atoms with E-state index in [1.807, 2.05) is 0 Å². The number of methoxy groups -OCH3 is 1. The third kappa shape index (κ3) is 3.81. The highest BCUT2D eigenvalue weighted by molar-refractivity contribution is 5.88. The van der Waals surface area contributed by atoms with E-state index in [0.717, 1.165) is 52.1 Å².